The molecule has 0 saturated carbocycles. The van der Waals surface area contributed by atoms with Crippen LogP contribution >= 0.6 is 0 Å². The van der Waals surface area contributed by atoms with Crippen molar-refractivity contribution in [1.82, 2.24) is 4.98 Å². The summed E-state index contributed by atoms with van der Waals surface area (Å²) in [5.41, 5.74) is 2.05. The Bertz CT molecular complexity index is 994. The summed E-state index contributed by atoms with van der Waals surface area (Å²) in [6, 6.07) is 13.8. The van der Waals surface area contributed by atoms with E-state index in [1.807, 2.05) is 61.2 Å². The average molecular weight is 366 g/mol. The van der Waals surface area contributed by atoms with Gasteiger partial charge in [-0.05, 0) is 43.7 Å². The van der Waals surface area contributed by atoms with E-state index in [4.69, 9.17) is 13.9 Å². The standard InChI is InChI=1S/C21H22N2O4/c1-14-12-17(15(2)26-16-6-4-3-5-7-16)19-18(13-14)20(24)22-21(27-19)23-8-10-25-11-9-23/h3-7,12-13,15H,8-11H2,1-2H3. The van der Waals surface area contributed by atoms with Crippen LogP contribution in [0.4, 0.5) is 6.01 Å². The first kappa shape index (κ1) is 17.5. The van der Waals surface area contributed by atoms with Gasteiger partial charge in [0.15, 0.2) is 5.58 Å². The molecule has 1 fully saturated rings. The largest absolute Gasteiger partial charge is 0.486 e. The van der Waals surface area contributed by atoms with Crippen LogP contribution in [0.3, 0.4) is 0 Å². The Morgan fingerprint density at radius 3 is 2.63 bits per heavy atom. The van der Waals surface area contributed by atoms with E-state index in [0.717, 1.165) is 16.9 Å². The number of benzene rings is 2. The second-order valence-corrected chi connectivity index (χ2v) is 6.70. The van der Waals surface area contributed by atoms with Crippen LogP contribution in [-0.4, -0.2) is 31.3 Å². The molecule has 1 saturated heterocycles. The predicted molar refractivity (Wildman–Crippen MR) is 104 cm³/mol. The van der Waals surface area contributed by atoms with Crippen LogP contribution in [0.5, 0.6) is 5.75 Å². The normalized spacial score (nSPS) is 15.7. The van der Waals surface area contributed by atoms with Crippen molar-refractivity contribution in [2.24, 2.45) is 0 Å². The zero-order chi connectivity index (χ0) is 18.8. The van der Waals surface area contributed by atoms with E-state index < -0.39 is 0 Å². The van der Waals surface area contributed by atoms with Gasteiger partial charge >= 0.3 is 6.01 Å². The first-order valence-corrected chi connectivity index (χ1v) is 9.11. The van der Waals surface area contributed by atoms with Crippen LogP contribution in [0.2, 0.25) is 0 Å². The quantitative estimate of drug-likeness (QED) is 0.704. The van der Waals surface area contributed by atoms with Crippen LogP contribution in [0, 0.1) is 6.92 Å². The third-order valence-electron chi connectivity index (χ3n) is 4.66. The van der Waals surface area contributed by atoms with Gasteiger partial charge in [-0.1, -0.05) is 18.2 Å². The molecule has 1 aliphatic heterocycles. The number of aromatic nitrogens is 1. The molecule has 4 rings (SSSR count). The number of rotatable bonds is 4. The lowest BCUT2D eigenvalue weighted by Gasteiger charge is -2.26. The summed E-state index contributed by atoms with van der Waals surface area (Å²) in [4.78, 5) is 18.8. The van der Waals surface area contributed by atoms with Crippen molar-refractivity contribution in [3.8, 4) is 5.75 Å². The van der Waals surface area contributed by atoms with Crippen molar-refractivity contribution in [3.63, 3.8) is 0 Å². The molecule has 1 aromatic heterocycles. The molecule has 3 aromatic rings. The summed E-state index contributed by atoms with van der Waals surface area (Å²) in [6.45, 7) is 6.40. The first-order chi connectivity index (χ1) is 13.1. The van der Waals surface area contributed by atoms with Crippen molar-refractivity contribution < 1.29 is 13.9 Å². The number of para-hydroxylation sites is 1. The van der Waals surface area contributed by atoms with Gasteiger partial charge in [-0.25, -0.2) is 0 Å². The van der Waals surface area contributed by atoms with Crippen LogP contribution < -0.4 is 15.2 Å². The van der Waals surface area contributed by atoms with Gasteiger partial charge in [-0.2, -0.15) is 4.98 Å². The number of aryl methyl sites for hydroxylation is 1. The van der Waals surface area contributed by atoms with Gasteiger partial charge in [0.1, 0.15) is 11.9 Å². The molecule has 6 heteroatoms. The smallest absolute Gasteiger partial charge is 0.301 e. The molecule has 0 N–H and O–H groups in total. The molecule has 0 radical (unpaired) electrons. The minimum Gasteiger partial charge on any atom is -0.486 e. The number of fused-ring (bicyclic) bond motifs is 1. The molecule has 1 atom stereocenters. The molecule has 1 unspecified atom stereocenters. The third-order valence-corrected chi connectivity index (χ3v) is 4.66. The lowest BCUT2D eigenvalue weighted by Crippen LogP contribution is -2.37. The van der Waals surface area contributed by atoms with Crippen molar-refractivity contribution >= 4 is 17.0 Å². The van der Waals surface area contributed by atoms with Crippen molar-refractivity contribution in [2.45, 2.75) is 20.0 Å². The summed E-state index contributed by atoms with van der Waals surface area (Å²) in [6.07, 6.45) is -0.280. The summed E-state index contributed by atoms with van der Waals surface area (Å²) >= 11 is 0. The molecule has 0 amide bonds. The van der Waals surface area contributed by atoms with Crippen LogP contribution in [-0.2, 0) is 4.74 Å². The van der Waals surface area contributed by atoms with E-state index in [-0.39, 0.29) is 11.7 Å². The Morgan fingerprint density at radius 2 is 1.89 bits per heavy atom. The molecule has 0 bridgehead atoms. The number of nitrogens with zero attached hydrogens (tertiary/aromatic N) is 2. The van der Waals surface area contributed by atoms with Gasteiger partial charge in [0.05, 0.1) is 18.6 Å². The van der Waals surface area contributed by atoms with Crippen molar-refractivity contribution in [2.75, 3.05) is 31.2 Å². The fourth-order valence-electron chi connectivity index (χ4n) is 3.29. The fourth-order valence-corrected chi connectivity index (χ4v) is 3.29. The van der Waals surface area contributed by atoms with Gasteiger partial charge in [0, 0.05) is 18.7 Å². The van der Waals surface area contributed by atoms with Gasteiger partial charge in [0.2, 0.25) is 0 Å². The van der Waals surface area contributed by atoms with E-state index in [1.54, 1.807) is 0 Å². The van der Waals surface area contributed by atoms with Crippen LogP contribution in [0.25, 0.3) is 11.0 Å². The van der Waals surface area contributed by atoms with E-state index in [0.29, 0.717) is 43.3 Å². The molecule has 6 nitrogen and oxygen atoms in total. The Hall–Kier alpha value is -2.86. The second-order valence-electron chi connectivity index (χ2n) is 6.70. The summed E-state index contributed by atoms with van der Waals surface area (Å²) in [5, 5.41) is 0.477. The molecule has 2 heterocycles. The molecule has 1 aliphatic rings. The van der Waals surface area contributed by atoms with Gasteiger partial charge in [0.25, 0.3) is 5.56 Å². The molecule has 2 aromatic carbocycles. The number of morpholine rings is 1. The Labute approximate surface area is 157 Å². The molecule has 140 valence electrons. The number of hydrogen-bond acceptors (Lipinski definition) is 6. The van der Waals surface area contributed by atoms with Crippen molar-refractivity contribution in [1.29, 1.82) is 0 Å². The lowest BCUT2D eigenvalue weighted by molar-refractivity contribution is 0.120. The lowest BCUT2D eigenvalue weighted by atomic mass is 10.0. The van der Waals surface area contributed by atoms with Crippen molar-refractivity contribution in [3.05, 3.63) is 63.9 Å². The SMILES string of the molecule is Cc1cc(C(C)Oc2ccccc2)c2oc(N3CCOCC3)nc(=O)c2c1. The van der Waals surface area contributed by atoms with E-state index in [1.165, 1.54) is 0 Å². The van der Waals surface area contributed by atoms with Gasteiger partial charge < -0.3 is 18.8 Å². The van der Waals surface area contributed by atoms with Gasteiger partial charge in [-0.15, -0.1) is 0 Å². The monoisotopic (exact) mass is 366 g/mol. The highest BCUT2D eigenvalue weighted by molar-refractivity contribution is 5.81. The Morgan fingerprint density at radius 1 is 1.15 bits per heavy atom. The molecular weight excluding hydrogens is 344 g/mol. The zero-order valence-corrected chi connectivity index (χ0v) is 15.5. The Kier molecular flexibility index (Phi) is 4.81. The highest BCUT2D eigenvalue weighted by Crippen LogP contribution is 2.30. The maximum Gasteiger partial charge on any atom is 0.301 e. The first-order valence-electron chi connectivity index (χ1n) is 9.11. The highest BCUT2D eigenvalue weighted by Gasteiger charge is 2.21. The van der Waals surface area contributed by atoms with E-state index in [2.05, 4.69) is 4.98 Å². The summed E-state index contributed by atoms with van der Waals surface area (Å²) in [7, 11) is 0. The molecular formula is C21H22N2O4. The predicted octanol–water partition coefficient (Wildman–Crippen LogP) is 3.47. The van der Waals surface area contributed by atoms with Crippen LogP contribution in [0.1, 0.15) is 24.2 Å². The molecule has 27 heavy (non-hydrogen) atoms. The minimum absolute atomic E-state index is 0.280. The zero-order valence-electron chi connectivity index (χ0n) is 15.5. The fraction of sp³-hybridized carbons (Fsp3) is 0.333. The third kappa shape index (κ3) is 3.66. The molecule has 0 spiro atoms. The van der Waals surface area contributed by atoms with E-state index >= 15 is 0 Å². The summed E-state index contributed by atoms with van der Waals surface area (Å²) < 4.78 is 17.6. The van der Waals surface area contributed by atoms with Gasteiger partial charge in [-0.3, -0.25) is 4.79 Å². The number of anilines is 1. The maximum atomic E-state index is 12.7. The van der Waals surface area contributed by atoms with E-state index in [9.17, 15) is 4.79 Å². The minimum atomic E-state index is -0.283. The Balaban J connectivity index is 1.78. The maximum absolute atomic E-state index is 12.7. The highest BCUT2D eigenvalue weighted by atomic mass is 16.5. The molecule has 0 aliphatic carbocycles. The second kappa shape index (κ2) is 7.40. The average Bonchev–Trinajstić information content (AvgIpc) is 2.69. The number of ether oxygens (including phenoxy) is 2. The summed E-state index contributed by atoms with van der Waals surface area (Å²) in [5.74, 6) is 0.768. The number of hydrogen-bond donors (Lipinski definition) is 0. The van der Waals surface area contributed by atoms with Crippen LogP contribution in [0.15, 0.2) is 51.7 Å². The topological polar surface area (TPSA) is 64.8 Å².